The number of nitrogens with zero attached hydrogens (tertiary/aromatic N) is 4. The van der Waals surface area contributed by atoms with Crippen molar-refractivity contribution in [2.75, 3.05) is 0 Å². The van der Waals surface area contributed by atoms with Gasteiger partial charge in [0.2, 0.25) is 0 Å². The molecule has 11 aromatic carbocycles. The Morgan fingerprint density at radius 2 is 0.671 bits per heavy atom. The van der Waals surface area contributed by atoms with Gasteiger partial charge in [0.05, 0.1) is 11.4 Å². The van der Waals surface area contributed by atoms with Crippen LogP contribution in [0.5, 0.6) is 0 Å². The van der Waals surface area contributed by atoms with Crippen LogP contribution in [0.15, 0.2) is 255 Å². The minimum absolute atomic E-state index is 0.611. The van der Waals surface area contributed by atoms with E-state index in [2.05, 4.69) is 218 Å². The second-order valence-electron chi connectivity index (χ2n) is 17.8. The molecule has 2 aromatic heterocycles. The highest BCUT2D eigenvalue weighted by molar-refractivity contribution is 6.24. The predicted molar refractivity (Wildman–Crippen MR) is 291 cm³/mol. The summed E-state index contributed by atoms with van der Waals surface area (Å²) in [6.07, 6.45) is 0. The lowest BCUT2D eigenvalue weighted by Gasteiger charge is -2.21. The van der Waals surface area contributed by atoms with Gasteiger partial charge in [-0.3, -0.25) is 0 Å². The molecule has 0 aliphatic carbocycles. The summed E-state index contributed by atoms with van der Waals surface area (Å²) < 4.78 is 0. The normalized spacial score (nSPS) is 11.4. The molecule has 13 aromatic rings. The van der Waals surface area contributed by atoms with Crippen molar-refractivity contribution in [1.29, 1.82) is 0 Å². The second-order valence-corrected chi connectivity index (χ2v) is 17.8. The summed E-state index contributed by atoms with van der Waals surface area (Å²) in [5, 5.41) is 9.26. The summed E-state index contributed by atoms with van der Waals surface area (Å²) in [5.41, 5.74) is 13.6. The first-order valence-electron chi connectivity index (χ1n) is 23.7. The average molecular weight is 891 g/mol. The Balaban J connectivity index is 1.13. The number of aromatic nitrogens is 4. The molecule has 0 unspecified atom stereocenters. The van der Waals surface area contributed by atoms with Crippen LogP contribution in [-0.2, 0) is 0 Å². The first-order chi connectivity index (χ1) is 34.7. The van der Waals surface area contributed by atoms with E-state index in [0.717, 1.165) is 94.1 Å². The van der Waals surface area contributed by atoms with Crippen LogP contribution in [-0.4, -0.2) is 19.9 Å². The van der Waals surface area contributed by atoms with Gasteiger partial charge < -0.3 is 0 Å². The number of benzene rings is 11. The maximum Gasteiger partial charge on any atom is 0.164 e. The fraction of sp³-hybridized carbons (Fsp3) is 0. The lowest BCUT2D eigenvalue weighted by atomic mass is 9.83. The topological polar surface area (TPSA) is 51.6 Å². The lowest BCUT2D eigenvalue weighted by molar-refractivity contribution is 1.07. The predicted octanol–water partition coefficient (Wildman–Crippen LogP) is 17.2. The minimum atomic E-state index is 0.611. The Bertz CT molecular complexity index is 3980. The maximum absolute atomic E-state index is 5.42. The van der Waals surface area contributed by atoms with Gasteiger partial charge in [0, 0.05) is 27.8 Å². The standard InChI is InChI=1S/C66H42N4/c1-5-18-43(19-6-1)53-41-60(46-22-7-2-8-23-46)67-61(42-53)50-34-36-57-58(39-50)62(51-33-32-44-20-13-14-28-49(44)38-51)56-37-35-52(40-59(56)63(57)55-31-17-29-45-21-15-16-30-54(45)55)66-69-64(47-24-9-3-10-25-47)68-65(70-66)48-26-11-4-12-27-48/h1-42H. The second kappa shape index (κ2) is 17.4. The monoisotopic (exact) mass is 890 g/mol. The summed E-state index contributed by atoms with van der Waals surface area (Å²) in [5.74, 6) is 1.86. The first kappa shape index (κ1) is 40.9. The Hall–Kier alpha value is -9.38. The average Bonchev–Trinajstić information content (AvgIpc) is 3.44. The third kappa shape index (κ3) is 7.45. The van der Waals surface area contributed by atoms with E-state index in [1.807, 2.05) is 36.4 Å². The van der Waals surface area contributed by atoms with Crippen LogP contribution in [0.25, 0.3) is 133 Å². The van der Waals surface area contributed by atoms with Gasteiger partial charge in [-0.15, -0.1) is 0 Å². The zero-order valence-electron chi connectivity index (χ0n) is 38.0. The van der Waals surface area contributed by atoms with E-state index in [4.69, 9.17) is 19.9 Å². The quantitative estimate of drug-likeness (QED) is 0.143. The van der Waals surface area contributed by atoms with Gasteiger partial charge in [-0.2, -0.15) is 0 Å². The van der Waals surface area contributed by atoms with Crippen molar-refractivity contribution in [3.05, 3.63) is 255 Å². The van der Waals surface area contributed by atoms with Crippen molar-refractivity contribution in [2.24, 2.45) is 0 Å². The third-order valence-electron chi connectivity index (χ3n) is 13.5. The van der Waals surface area contributed by atoms with Gasteiger partial charge in [0.1, 0.15) is 0 Å². The van der Waals surface area contributed by atoms with Crippen molar-refractivity contribution in [2.45, 2.75) is 0 Å². The zero-order chi connectivity index (χ0) is 46.4. The van der Waals surface area contributed by atoms with E-state index in [-0.39, 0.29) is 0 Å². The highest BCUT2D eigenvalue weighted by Gasteiger charge is 2.22. The van der Waals surface area contributed by atoms with Gasteiger partial charge in [-0.05, 0) is 107 Å². The molecule has 326 valence electrons. The fourth-order valence-corrected chi connectivity index (χ4v) is 10.1. The SMILES string of the molecule is c1ccc(-c2cc(-c3ccccc3)nc(-c3ccc4c(-c5cccc6ccccc56)c5cc(-c6nc(-c7ccccc7)nc(-c7ccccc7)n6)ccc5c(-c5ccc6ccccc6c5)c4c3)c2)cc1. The molecule has 4 heteroatoms. The number of rotatable bonds is 8. The number of fused-ring (bicyclic) bond motifs is 4. The smallest absolute Gasteiger partial charge is 0.164 e. The first-order valence-corrected chi connectivity index (χ1v) is 23.7. The molecular weight excluding hydrogens is 849 g/mol. The highest BCUT2D eigenvalue weighted by atomic mass is 15.0. The van der Waals surface area contributed by atoms with Crippen molar-refractivity contribution < 1.29 is 0 Å². The molecule has 0 atom stereocenters. The highest BCUT2D eigenvalue weighted by Crippen LogP contribution is 2.48. The Morgan fingerprint density at radius 1 is 0.200 bits per heavy atom. The van der Waals surface area contributed by atoms with Gasteiger partial charge in [0.25, 0.3) is 0 Å². The minimum Gasteiger partial charge on any atom is -0.248 e. The van der Waals surface area contributed by atoms with Crippen molar-refractivity contribution in [3.8, 4) is 90.1 Å². The molecule has 0 radical (unpaired) electrons. The van der Waals surface area contributed by atoms with Crippen LogP contribution in [0.4, 0.5) is 0 Å². The molecule has 13 rings (SSSR count). The molecule has 0 aliphatic rings. The van der Waals surface area contributed by atoms with Gasteiger partial charge in [0.15, 0.2) is 17.5 Å². The third-order valence-corrected chi connectivity index (χ3v) is 13.5. The molecule has 0 fully saturated rings. The zero-order valence-corrected chi connectivity index (χ0v) is 38.0. The van der Waals surface area contributed by atoms with E-state index in [1.165, 1.54) is 21.5 Å². The van der Waals surface area contributed by atoms with Crippen LogP contribution in [0, 0.1) is 0 Å². The molecule has 4 nitrogen and oxygen atoms in total. The Kier molecular flexibility index (Phi) is 10.1. The fourth-order valence-electron chi connectivity index (χ4n) is 10.1. The van der Waals surface area contributed by atoms with E-state index in [9.17, 15) is 0 Å². The van der Waals surface area contributed by atoms with E-state index >= 15 is 0 Å². The van der Waals surface area contributed by atoms with E-state index in [1.54, 1.807) is 0 Å². The van der Waals surface area contributed by atoms with Gasteiger partial charge in [-0.1, -0.05) is 224 Å². The van der Waals surface area contributed by atoms with Crippen molar-refractivity contribution in [1.82, 2.24) is 19.9 Å². The molecule has 0 saturated heterocycles. The van der Waals surface area contributed by atoms with Crippen LogP contribution >= 0.6 is 0 Å². The van der Waals surface area contributed by atoms with Crippen molar-refractivity contribution in [3.63, 3.8) is 0 Å². The van der Waals surface area contributed by atoms with Crippen LogP contribution in [0.1, 0.15) is 0 Å². The Labute approximate surface area is 405 Å². The van der Waals surface area contributed by atoms with Crippen LogP contribution in [0.2, 0.25) is 0 Å². The molecule has 0 amide bonds. The molecule has 0 spiro atoms. The molecule has 70 heavy (non-hydrogen) atoms. The number of hydrogen-bond acceptors (Lipinski definition) is 4. The molecule has 0 bridgehead atoms. The maximum atomic E-state index is 5.42. The molecule has 0 N–H and O–H groups in total. The number of hydrogen-bond donors (Lipinski definition) is 0. The number of pyridine rings is 1. The molecule has 0 aliphatic heterocycles. The van der Waals surface area contributed by atoms with Crippen LogP contribution < -0.4 is 0 Å². The summed E-state index contributed by atoms with van der Waals surface area (Å²) in [6.45, 7) is 0. The van der Waals surface area contributed by atoms with Crippen LogP contribution in [0.3, 0.4) is 0 Å². The van der Waals surface area contributed by atoms with E-state index in [0.29, 0.717) is 17.5 Å². The largest absolute Gasteiger partial charge is 0.248 e. The Morgan fingerprint density at radius 3 is 1.34 bits per heavy atom. The molecule has 0 saturated carbocycles. The van der Waals surface area contributed by atoms with E-state index < -0.39 is 0 Å². The summed E-state index contributed by atoms with van der Waals surface area (Å²) in [7, 11) is 0. The molecular formula is C66H42N4. The molecule has 2 heterocycles. The summed E-state index contributed by atoms with van der Waals surface area (Å²) >= 11 is 0. The van der Waals surface area contributed by atoms with Gasteiger partial charge >= 0.3 is 0 Å². The summed E-state index contributed by atoms with van der Waals surface area (Å²) in [4.78, 5) is 20.9. The van der Waals surface area contributed by atoms with Crippen molar-refractivity contribution >= 4 is 43.1 Å². The lowest BCUT2D eigenvalue weighted by Crippen LogP contribution is -2.00. The summed E-state index contributed by atoms with van der Waals surface area (Å²) in [6, 6.07) is 90.4. The van der Waals surface area contributed by atoms with Gasteiger partial charge in [-0.25, -0.2) is 19.9 Å².